The lowest BCUT2D eigenvalue weighted by Crippen LogP contribution is -2.09. The second-order valence-electron chi connectivity index (χ2n) is 3.54. The lowest BCUT2D eigenvalue weighted by molar-refractivity contribution is 0.0983. The molecule has 0 bridgehead atoms. The van der Waals surface area contributed by atoms with E-state index < -0.39 is 0 Å². The van der Waals surface area contributed by atoms with Gasteiger partial charge in [0.05, 0.1) is 5.69 Å². The quantitative estimate of drug-likeness (QED) is 0.542. The molecular weight excluding hydrogens is 176 g/mol. The molecule has 1 rings (SSSR count). The number of aryl methyl sites for hydroxylation is 2. The minimum atomic E-state index is 0.0972. The standard InChI is InChI=1S/C11H16N2O/c1-5-13-10(7-9(4)12-13)11(14)6-8(2)3/h7H,2,5-6H2,1,3-4H3. The molecule has 0 N–H and O–H groups in total. The fraction of sp³-hybridized carbons (Fsp3) is 0.455. The van der Waals surface area contributed by atoms with Gasteiger partial charge in [-0.2, -0.15) is 5.10 Å². The predicted molar refractivity (Wildman–Crippen MR) is 56.4 cm³/mol. The molecule has 0 saturated heterocycles. The van der Waals surface area contributed by atoms with Crippen molar-refractivity contribution in [3.05, 3.63) is 29.6 Å². The lowest BCUT2D eigenvalue weighted by Gasteiger charge is -2.02. The summed E-state index contributed by atoms with van der Waals surface area (Å²) in [6.07, 6.45) is 0.408. The molecule has 3 heteroatoms. The van der Waals surface area contributed by atoms with E-state index in [1.807, 2.05) is 26.8 Å². The van der Waals surface area contributed by atoms with Gasteiger partial charge in [-0.15, -0.1) is 0 Å². The van der Waals surface area contributed by atoms with E-state index in [4.69, 9.17) is 0 Å². The molecule has 0 radical (unpaired) electrons. The minimum Gasteiger partial charge on any atom is -0.292 e. The zero-order valence-corrected chi connectivity index (χ0v) is 9.00. The van der Waals surface area contributed by atoms with Crippen LogP contribution in [0.25, 0.3) is 0 Å². The number of Topliss-reactive ketones (excluding diaryl/α,β-unsaturated/α-hetero) is 1. The summed E-state index contributed by atoms with van der Waals surface area (Å²) in [7, 11) is 0. The summed E-state index contributed by atoms with van der Waals surface area (Å²) in [6.45, 7) is 10.2. The number of aromatic nitrogens is 2. The van der Waals surface area contributed by atoms with E-state index >= 15 is 0 Å². The van der Waals surface area contributed by atoms with Gasteiger partial charge < -0.3 is 0 Å². The van der Waals surface area contributed by atoms with E-state index in [2.05, 4.69) is 11.7 Å². The van der Waals surface area contributed by atoms with Crippen molar-refractivity contribution in [1.82, 2.24) is 9.78 Å². The zero-order valence-electron chi connectivity index (χ0n) is 9.00. The van der Waals surface area contributed by atoms with Crippen LogP contribution in [-0.2, 0) is 6.54 Å². The van der Waals surface area contributed by atoms with E-state index in [-0.39, 0.29) is 5.78 Å². The summed E-state index contributed by atoms with van der Waals surface area (Å²) in [4.78, 5) is 11.7. The maximum absolute atomic E-state index is 11.7. The topological polar surface area (TPSA) is 34.9 Å². The average molecular weight is 192 g/mol. The highest BCUT2D eigenvalue weighted by Crippen LogP contribution is 2.09. The van der Waals surface area contributed by atoms with Crippen molar-refractivity contribution in [2.75, 3.05) is 0 Å². The smallest absolute Gasteiger partial charge is 0.184 e. The van der Waals surface area contributed by atoms with Crippen LogP contribution in [0, 0.1) is 6.92 Å². The Kier molecular flexibility index (Phi) is 3.23. The molecule has 0 spiro atoms. The molecule has 1 aromatic rings. The summed E-state index contributed by atoms with van der Waals surface area (Å²) in [5.41, 5.74) is 2.46. The first-order valence-electron chi connectivity index (χ1n) is 4.76. The molecule has 0 aliphatic rings. The first kappa shape index (κ1) is 10.7. The molecule has 0 aromatic carbocycles. The van der Waals surface area contributed by atoms with E-state index in [1.54, 1.807) is 4.68 Å². The summed E-state index contributed by atoms with van der Waals surface area (Å²) < 4.78 is 1.74. The number of hydrogen-bond donors (Lipinski definition) is 0. The van der Waals surface area contributed by atoms with Crippen molar-refractivity contribution in [3.8, 4) is 0 Å². The third-order valence-electron chi connectivity index (χ3n) is 1.95. The summed E-state index contributed by atoms with van der Waals surface area (Å²) in [5.74, 6) is 0.0972. The highest BCUT2D eigenvalue weighted by molar-refractivity contribution is 5.96. The van der Waals surface area contributed by atoms with Crippen LogP contribution in [0.3, 0.4) is 0 Å². The molecule has 1 aromatic heterocycles. The highest BCUT2D eigenvalue weighted by atomic mass is 16.1. The summed E-state index contributed by atoms with van der Waals surface area (Å²) >= 11 is 0. The second-order valence-corrected chi connectivity index (χ2v) is 3.54. The van der Waals surface area contributed by atoms with Crippen LogP contribution in [0.15, 0.2) is 18.2 Å². The molecule has 76 valence electrons. The van der Waals surface area contributed by atoms with Gasteiger partial charge in [-0.05, 0) is 26.8 Å². The third kappa shape index (κ3) is 2.31. The van der Waals surface area contributed by atoms with Crippen LogP contribution in [0.4, 0.5) is 0 Å². The number of hydrogen-bond acceptors (Lipinski definition) is 2. The first-order chi connectivity index (χ1) is 6.54. The van der Waals surface area contributed by atoms with Crippen LogP contribution in [-0.4, -0.2) is 15.6 Å². The molecule has 14 heavy (non-hydrogen) atoms. The third-order valence-corrected chi connectivity index (χ3v) is 1.95. The number of allylic oxidation sites excluding steroid dienone is 1. The van der Waals surface area contributed by atoms with Gasteiger partial charge in [0.1, 0.15) is 5.69 Å². The molecule has 0 aliphatic carbocycles. The molecule has 0 atom stereocenters. The van der Waals surface area contributed by atoms with Crippen molar-refractivity contribution in [3.63, 3.8) is 0 Å². The monoisotopic (exact) mass is 192 g/mol. The Morgan fingerprint density at radius 1 is 1.64 bits per heavy atom. The molecule has 0 aliphatic heterocycles. The maximum atomic E-state index is 11.7. The summed E-state index contributed by atoms with van der Waals surface area (Å²) in [5, 5.41) is 4.22. The summed E-state index contributed by atoms with van der Waals surface area (Å²) in [6, 6.07) is 1.83. The zero-order chi connectivity index (χ0) is 10.7. The number of ketones is 1. The van der Waals surface area contributed by atoms with Gasteiger partial charge in [-0.25, -0.2) is 0 Å². The Labute approximate surface area is 84.4 Å². The fourth-order valence-electron chi connectivity index (χ4n) is 1.38. The molecular formula is C11H16N2O. The van der Waals surface area contributed by atoms with E-state index in [0.29, 0.717) is 12.1 Å². The molecule has 0 fully saturated rings. The van der Waals surface area contributed by atoms with E-state index in [1.165, 1.54) is 0 Å². The van der Waals surface area contributed by atoms with Gasteiger partial charge in [0, 0.05) is 13.0 Å². The van der Waals surface area contributed by atoms with Gasteiger partial charge in [0.2, 0.25) is 0 Å². The Hall–Kier alpha value is -1.38. The molecule has 3 nitrogen and oxygen atoms in total. The number of rotatable bonds is 4. The van der Waals surface area contributed by atoms with Crippen molar-refractivity contribution in [1.29, 1.82) is 0 Å². The largest absolute Gasteiger partial charge is 0.292 e. The molecule has 1 heterocycles. The number of carbonyl (C=O) groups excluding carboxylic acids is 1. The SMILES string of the molecule is C=C(C)CC(=O)c1cc(C)nn1CC. The molecule has 0 saturated carbocycles. The van der Waals surface area contributed by atoms with Gasteiger partial charge in [0.25, 0.3) is 0 Å². The van der Waals surface area contributed by atoms with Crippen molar-refractivity contribution < 1.29 is 4.79 Å². The van der Waals surface area contributed by atoms with Gasteiger partial charge in [-0.1, -0.05) is 12.2 Å². The van der Waals surface area contributed by atoms with Gasteiger partial charge >= 0.3 is 0 Å². The first-order valence-corrected chi connectivity index (χ1v) is 4.76. The Balaban J connectivity index is 2.93. The number of carbonyl (C=O) groups is 1. The van der Waals surface area contributed by atoms with Gasteiger partial charge in [-0.3, -0.25) is 9.48 Å². The van der Waals surface area contributed by atoms with Gasteiger partial charge in [0.15, 0.2) is 5.78 Å². The van der Waals surface area contributed by atoms with E-state index in [9.17, 15) is 4.79 Å². The predicted octanol–water partition coefficient (Wildman–Crippen LogP) is 2.36. The van der Waals surface area contributed by atoms with Crippen molar-refractivity contribution in [2.24, 2.45) is 0 Å². The minimum absolute atomic E-state index is 0.0972. The lowest BCUT2D eigenvalue weighted by atomic mass is 10.1. The van der Waals surface area contributed by atoms with Crippen LogP contribution < -0.4 is 0 Å². The maximum Gasteiger partial charge on any atom is 0.184 e. The second kappa shape index (κ2) is 4.22. The molecule has 0 unspecified atom stereocenters. The van der Waals surface area contributed by atoms with Crippen LogP contribution >= 0.6 is 0 Å². The van der Waals surface area contributed by atoms with Crippen LogP contribution in [0.1, 0.15) is 36.5 Å². The number of nitrogens with zero attached hydrogens (tertiary/aromatic N) is 2. The average Bonchev–Trinajstić information content (AvgIpc) is 2.45. The van der Waals surface area contributed by atoms with Crippen LogP contribution in [0.2, 0.25) is 0 Å². The normalized spacial score (nSPS) is 10.2. The molecule has 0 amide bonds. The Morgan fingerprint density at radius 3 is 2.79 bits per heavy atom. The van der Waals surface area contributed by atoms with Crippen molar-refractivity contribution in [2.45, 2.75) is 33.7 Å². The van der Waals surface area contributed by atoms with E-state index in [0.717, 1.165) is 17.8 Å². The van der Waals surface area contributed by atoms with Crippen LogP contribution in [0.5, 0.6) is 0 Å². The van der Waals surface area contributed by atoms with Crippen molar-refractivity contribution >= 4 is 5.78 Å². The highest BCUT2D eigenvalue weighted by Gasteiger charge is 2.12. The Bertz CT molecular complexity index is 363. The Morgan fingerprint density at radius 2 is 2.29 bits per heavy atom. The fourth-order valence-corrected chi connectivity index (χ4v) is 1.38.